The van der Waals surface area contributed by atoms with Crippen LogP contribution in [-0.2, 0) is 6.54 Å². The molecule has 0 bridgehead atoms. The highest BCUT2D eigenvalue weighted by Gasteiger charge is 2.10. The van der Waals surface area contributed by atoms with E-state index in [0.29, 0.717) is 17.9 Å². The number of aromatic nitrogens is 4. The van der Waals surface area contributed by atoms with Crippen LogP contribution in [0.25, 0.3) is 5.65 Å². The van der Waals surface area contributed by atoms with E-state index in [9.17, 15) is 4.79 Å². The van der Waals surface area contributed by atoms with E-state index in [1.54, 1.807) is 29.0 Å². The number of carbonyl (C=O) groups is 1. The molecule has 0 radical (unpaired) electrons. The first-order valence-electron chi connectivity index (χ1n) is 6.23. The molecule has 6 heteroatoms. The number of nitrogens with one attached hydrogen (secondary N) is 1. The van der Waals surface area contributed by atoms with Gasteiger partial charge in [0.1, 0.15) is 5.69 Å². The van der Waals surface area contributed by atoms with Crippen LogP contribution in [0.3, 0.4) is 0 Å². The Bertz CT molecular complexity index is 751. The average molecular weight is 267 g/mol. The predicted octanol–water partition coefficient (Wildman–Crippen LogP) is 1.36. The standard InChI is InChI=1S/C14H13N5O/c1-10-8-12(18-13-5-7-17-19(10)13)14(20)16-9-11-4-2-3-6-15-11/h2-8H,9H2,1H3,(H,16,20). The van der Waals surface area contributed by atoms with Crippen molar-refractivity contribution in [1.29, 1.82) is 0 Å². The van der Waals surface area contributed by atoms with E-state index in [0.717, 1.165) is 11.4 Å². The van der Waals surface area contributed by atoms with Gasteiger partial charge in [-0.15, -0.1) is 0 Å². The van der Waals surface area contributed by atoms with Gasteiger partial charge in [0.05, 0.1) is 18.4 Å². The van der Waals surface area contributed by atoms with Crippen molar-refractivity contribution in [2.75, 3.05) is 0 Å². The Morgan fingerprint density at radius 3 is 3.00 bits per heavy atom. The molecular weight excluding hydrogens is 254 g/mol. The number of pyridine rings is 1. The van der Waals surface area contributed by atoms with Crippen LogP contribution in [0.4, 0.5) is 0 Å². The number of hydrogen-bond acceptors (Lipinski definition) is 4. The summed E-state index contributed by atoms with van der Waals surface area (Å²) in [5, 5.41) is 6.93. The van der Waals surface area contributed by atoms with Crippen LogP contribution in [0, 0.1) is 6.92 Å². The maximum atomic E-state index is 12.1. The van der Waals surface area contributed by atoms with Crippen LogP contribution in [-0.4, -0.2) is 25.5 Å². The minimum atomic E-state index is -0.220. The first-order chi connectivity index (χ1) is 9.74. The van der Waals surface area contributed by atoms with Gasteiger partial charge in [-0.1, -0.05) is 6.07 Å². The lowest BCUT2D eigenvalue weighted by Gasteiger charge is -2.06. The molecule has 0 atom stereocenters. The summed E-state index contributed by atoms with van der Waals surface area (Å²) in [5.74, 6) is -0.220. The molecule has 100 valence electrons. The largest absolute Gasteiger partial charge is 0.345 e. The molecule has 0 saturated carbocycles. The van der Waals surface area contributed by atoms with Crippen molar-refractivity contribution in [3.05, 3.63) is 59.8 Å². The molecule has 0 aromatic carbocycles. The lowest BCUT2D eigenvalue weighted by Crippen LogP contribution is -2.24. The Morgan fingerprint density at radius 1 is 1.30 bits per heavy atom. The van der Waals surface area contributed by atoms with E-state index in [4.69, 9.17) is 0 Å². The number of aryl methyl sites for hydroxylation is 1. The highest BCUT2D eigenvalue weighted by molar-refractivity contribution is 5.92. The fourth-order valence-electron chi connectivity index (χ4n) is 1.95. The average Bonchev–Trinajstić information content (AvgIpc) is 2.95. The fraction of sp³-hybridized carbons (Fsp3) is 0.143. The third kappa shape index (κ3) is 2.35. The lowest BCUT2D eigenvalue weighted by atomic mass is 10.3. The van der Waals surface area contributed by atoms with E-state index in [-0.39, 0.29) is 5.91 Å². The maximum absolute atomic E-state index is 12.1. The van der Waals surface area contributed by atoms with Gasteiger partial charge in [-0.3, -0.25) is 9.78 Å². The van der Waals surface area contributed by atoms with Gasteiger partial charge in [-0.05, 0) is 25.1 Å². The minimum Gasteiger partial charge on any atom is -0.345 e. The molecule has 20 heavy (non-hydrogen) atoms. The molecule has 0 saturated heterocycles. The van der Waals surface area contributed by atoms with Crippen LogP contribution in [0.15, 0.2) is 42.7 Å². The summed E-state index contributed by atoms with van der Waals surface area (Å²) < 4.78 is 1.69. The summed E-state index contributed by atoms with van der Waals surface area (Å²) >= 11 is 0. The second-order valence-electron chi connectivity index (χ2n) is 4.39. The van der Waals surface area contributed by atoms with Gasteiger partial charge in [0.15, 0.2) is 5.65 Å². The SMILES string of the molecule is Cc1cc(C(=O)NCc2ccccn2)nc2ccnn12. The van der Waals surface area contributed by atoms with E-state index in [1.165, 1.54) is 0 Å². The molecule has 0 unspecified atom stereocenters. The topological polar surface area (TPSA) is 72.2 Å². The maximum Gasteiger partial charge on any atom is 0.270 e. The Kier molecular flexibility index (Phi) is 3.12. The first-order valence-corrected chi connectivity index (χ1v) is 6.23. The number of amides is 1. The van der Waals surface area contributed by atoms with Crippen molar-refractivity contribution >= 4 is 11.6 Å². The molecule has 3 heterocycles. The van der Waals surface area contributed by atoms with Gasteiger partial charge in [-0.2, -0.15) is 5.10 Å². The summed E-state index contributed by atoms with van der Waals surface area (Å²) in [6, 6.07) is 9.06. The Labute approximate surface area is 115 Å². The molecule has 1 N–H and O–H groups in total. The molecule has 3 rings (SSSR count). The van der Waals surface area contributed by atoms with Gasteiger partial charge in [0.2, 0.25) is 0 Å². The molecule has 0 spiro atoms. The van der Waals surface area contributed by atoms with Gasteiger partial charge in [0, 0.05) is 18.0 Å². The predicted molar refractivity (Wildman–Crippen MR) is 73.1 cm³/mol. The summed E-state index contributed by atoms with van der Waals surface area (Å²) in [5.41, 5.74) is 2.71. The van der Waals surface area contributed by atoms with Gasteiger partial charge in [0.25, 0.3) is 5.91 Å². The van der Waals surface area contributed by atoms with E-state index in [1.807, 2.05) is 25.1 Å². The first kappa shape index (κ1) is 12.3. The monoisotopic (exact) mass is 267 g/mol. The Balaban J connectivity index is 1.78. The van der Waals surface area contributed by atoms with Crippen molar-refractivity contribution in [2.24, 2.45) is 0 Å². The molecule has 0 aliphatic carbocycles. The minimum absolute atomic E-state index is 0.220. The second-order valence-corrected chi connectivity index (χ2v) is 4.39. The molecule has 6 nitrogen and oxygen atoms in total. The molecule has 3 aromatic heterocycles. The smallest absolute Gasteiger partial charge is 0.270 e. The van der Waals surface area contributed by atoms with Crippen LogP contribution < -0.4 is 5.32 Å². The quantitative estimate of drug-likeness (QED) is 0.777. The van der Waals surface area contributed by atoms with Crippen LogP contribution >= 0.6 is 0 Å². The van der Waals surface area contributed by atoms with E-state index >= 15 is 0 Å². The number of rotatable bonds is 3. The number of nitrogens with zero attached hydrogens (tertiary/aromatic N) is 4. The zero-order valence-electron chi connectivity index (χ0n) is 10.9. The number of carbonyl (C=O) groups excluding carboxylic acids is 1. The highest BCUT2D eigenvalue weighted by atomic mass is 16.1. The summed E-state index contributed by atoms with van der Waals surface area (Å²) in [7, 11) is 0. The van der Waals surface area contributed by atoms with Crippen molar-refractivity contribution in [3.8, 4) is 0 Å². The molecule has 0 fully saturated rings. The van der Waals surface area contributed by atoms with Gasteiger partial charge in [-0.25, -0.2) is 9.50 Å². The lowest BCUT2D eigenvalue weighted by molar-refractivity contribution is 0.0945. The number of fused-ring (bicyclic) bond motifs is 1. The third-order valence-corrected chi connectivity index (χ3v) is 2.93. The number of hydrogen-bond donors (Lipinski definition) is 1. The van der Waals surface area contributed by atoms with Crippen molar-refractivity contribution in [2.45, 2.75) is 13.5 Å². The van der Waals surface area contributed by atoms with Crippen molar-refractivity contribution in [1.82, 2.24) is 24.9 Å². The highest BCUT2D eigenvalue weighted by Crippen LogP contribution is 2.06. The zero-order chi connectivity index (χ0) is 13.9. The molecule has 0 aliphatic heterocycles. The molecule has 3 aromatic rings. The van der Waals surface area contributed by atoms with E-state index < -0.39 is 0 Å². The van der Waals surface area contributed by atoms with Gasteiger partial charge < -0.3 is 5.32 Å². The van der Waals surface area contributed by atoms with Crippen molar-refractivity contribution in [3.63, 3.8) is 0 Å². The Morgan fingerprint density at radius 2 is 2.20 bits per heavy atom. The van der Waals surface area contributed by atoms with Crippen LogP contribution in [0.5, 0.6) is 0 Å². The normalized spacial score (nSPS) is 10.7. The summed E-state index contributed by atoms with van der Waals surface area (Å²) in [6.07, 6.45) is 3.35. The fourth-order valence-corrected chi connectivity index (χ4v) is 1.95. The summed E-state index contributed by atoms with van der Waals surface area (Å²) in [6.45, 7) is 2.27. The molecular formula is C14H13N5O. The van der Waals surface area contributed by atoms with E-state index in [2.05, 4.69) is 20.4 Å². The second kappa shape index (κ2) is 5.08. The van der Waals surface area contributed by atoms with Crippen LogP contribution in [0.2, 0.25) is 0 Å². The van der Waals surface area contributed by atoms with Crippen molar-refractivity contribution < 1.29 is 4.79 Å². The molecule has 1 amide bonds. The van der Waals surface area contributed by atoms with Crippen LogP contribution in [0.1, 0.15) is 21.9 Å². The molecule has 0 aliphatic rings. The Hall–Kier alpha value is -2.76. The zero-order valence-corrected chi connectivity index (χ0v) is 10.9. The van der Waals surface area contributed by atoms with Gasteiger partial charge >= 0.3 is 0 Å². The summed E-state index contributed by atoms with van der Waals surface area (Å²) in [4.78, 5) is 20.5. The third-order valence-electron chi connectivity index (χ3n) is 2.93.